The van der Waals surface area contributed by atoms with Gasteiger partial charge in [0.05, 0.1) is 33.0 Å². The van der Waals surface area contributed by atoms with Crippen molar-refractivity contribution in [3.63, 3.8) is 0 Å². The Morgan fingerprint density at radius 2 is 1.71 bits per heavy atom. The topological polar surface area (TPSA) is 62.8 Å². The molecule has 0 atom stereocenters. The van der Waals surface area contributed by atoms with Crippen LogP contribution in [0.1, 0.15) is 20.8 Å². The van der Waals surface area contributed by atoms with Gasteiger partial charge in [-0.25, -0.2) is 0 Å². The van der Waals surface area contributed by atoms with Gasteiger partial charge in [0.1, 0.15) is 0 Å². The van der Waals surface area contributed by atoms with Crippen LogP contribution in [-0.2, 0) is 14.3 Å². The molecule has 0 aliphatic heterocycles. The van der Waals surface area contributed by atoms with Gasteiger partial charge in [0, 0.05) is 19.6 Å². The second-order valence-corrected chi connectivity index (χ2v) is 5.52. The fourth-order valence-corrected chi connectivity index (χ4v) is 1.89. The lowest BCUT2D eigenvalue weighted by Crippen LogP contribution is -2.38. The Bertz CT molecular complexity index is 250. The van der Waals surface area contributed by atoms with Crippen LogP contribution in [0, 0.1) is 5.92 Å². The highest BCUT2D eigenvalue weighted by molar-refractivity contribution is 5.77. The molecular weight excluding hydrogens is 270 g/mol. The van der Waals surface area contributed by atoms with Gasteiger partial charge in [0.15, 0.2) is 0 Å². The molecule has 1 amide bonds. The number of amides is 1. The van der Waals surface area contributed by atoms with Gasteiger partial charge in [-0.3, -0.25) is 9.69 Å². The summed E-state index contributed by atoms with van der Waals surface area (Å²) in [6.07, 6.45) is 0. The van der Waals surface area contributed by atoms with Crippen molar-refractivity contribution in [2.24, 2.45) is 5.92 Å². The lowest BCUT2D eigenvalue weighted by molar-refractivity contribution is -0.122. The predicted molar refractivity (Wildman–Crippen MR) is 85.5 cm³/mol. The molecule has 126 valence electrons. The number of nitrogens with zero attached hydrogens (tertiary/aromatic N) is 1. The molecule has 6 nitrogen and oxygen atoms in total. The third-order valence-electron chi connectivity index (χ3n) is 2.70. The molecular formula is C15H33N3O3. The first kappa shape index (κ1) is 20.3. The summed E-state index contributed by atoms with van der Waals surface area (Å²) in [5.41, 5.74) is 0. The lowest BCUT2D eigenvalue weighted by atomic mass is 10.2. The SMILES string of the molecule is CCNCCOCCOCCNC(=O)CN(C)CC(C)C. The van der Waals surface area contributed by atoms with Crippen LogP contribution >= 0.6 is 0 Å². The summed E-state index contributed by atoms with van der Waals surface area (Å²) in [7, 11) is 1.96. The average Bonchev–Trinajstić information content (AvgIpc) is 2.39. The van der Waals surface area contributed by atoms with Gasteiger partial charge < -0.3 is 20.1 Å². The van der Waals surface area contributed by atoms with Crippen molar-refractivity contribution in [1.29, 1.82) is 0 Å². The van der Waals surface area contributed by atoms with Crippen LogP contribution in [0.2, 0.25) is 0 Å². The van der Waals surface area contributed by atoms with Gasteiger partial charge in [0.25, 0.3) is 0 Å². The quantitative estimate of drug-likeness (QED) is 0.453. The number of ether oxygens (including phenoxy) is 2. The van der Waals surface area contributed by atoms with E-state index < -0.39 is 0 Å². The van der Waals surface area contributed by atoms with Crippen LogP contribution in [0.4, 0.5) is 0 Å². The minimum absolute atomic E-state index is 0.0450. The van der Waals surface area contributed by atoms with E-state index in [-0.39, 0.29) is 5.91 Å². The molecule has 0 spiro atoms. The second kappa shape index (κ2) is 14.3. The fraction of sp³-hybridized carbons (Fsp3) is 0.933. The lowest BCUT2D eigenvalue weighted by Gasteiger charge is -2.18. The summed E-state index contributed by atoms with van der Waals surface area (Å²) < 4.78 is 10.8. The maximum Gasteiger partial charge on any atom is 0.234 e. The Balaban J connectivity index is 3.29. The van der Waals surface area contributed by atoms with Gasteiger partial charge in [-0.2, -0.15) is 0 Å². The minimum Gasteiger partial charge on any atom is -0.378 e. The van der Waals surface area contributed by atoms with Crippen LogP contribution in [0.5, 0.6) is 0 Å². The highest BCUT2D eigenvalue weighted by atomic mass is 16.5. The number of carbonyl (C=O) groups is 1. The summed E-state index contributed by atoms with van der Waals surface area (Å²) in [5, 5.41) is 6.03. The molecule has 0 unspecified atom stereocenters. The van der Waals surface area contributed by atoms with E-state index >= 15 is 0 Å². The summed E-state index contributed by atoms with van der Waals surface area (Å²) in [6, 6.07) is 0. The zero-order valence-corrected chi connectivity index (χ0v) is 14.1. The Morgan fingerprint density at radius 3 is 2.29 bits per heavy atom. The van der Waals surface area contributed by atoms with Gasteiger partial charge in [-0.1, -0.05) is 20.8 Å². The molecule has 0 fully saturated rings. The predicted octanol–water partition coefficient (Wildman–Crippen LogP) is 0.333. The molecule has 0 radical (unpaired) electrons. The third-order valence-corrected chi connectivity index (χ3v) is 2.70. The number of carbonyl (C=O) groups excluding carboxylic acids is 1. The Kier molecular flexibility index (Phi) is 13.8. The Morgan fingerprint density at radius 1 is 1.10 bits per heavy atom. The van der Waals surface area contributed by atoms with Crippen molar-refractivity contribution in [3.05, 3.63) is 0 Å². The maximum absolute atomic E-state index is 11.6. The van der Waals surface area contributed by atoms with Gasteiger partial charge in [-0.05, 0) is 19.5 Å². The molecule has 21 heavy (non-hydrogen) atoms. The van der Waals surface area contributed by atoms with Crippen molar-refractivity contribution in [3.8, 4) is 0 Å². The standard InChI is InChI=1S/C15H33N3O3/c1-5-16-6-8-20-10-11-21-9-7-17-15(19)13-18(4)12-14(2)3/h14,16H,5-13H2,1-4H3,(H,17,19). The van der Waals surface area contributed by atoms with Crippen LogP contribution in [-0.4, -0.2) is 77.0 Å². The number of rotatable bonds is 14. The molecule has 6 heteroatoms. The van der Waals surface area contributed by atoms with Crippen molar-refractivity contribution in [2.45, 2.75) is 20.8 Å². The van der Waals surface area contributed by atoms with E-state index in [1.54, 1.807) is 0 Å². The largest absolute Gasteiger partial charge is 0.378 e. The van der Waals surface area contributed by atoms with E-state index in [1.165, 1.54) is 0 Å². The van der Waals surface area contributed by atoms with Crippen LogP contribution in [0.3, 0.4) is 0 Å². The molecule has 2 N–H and O–H groups in total. The number of hydrogen-bond donors (Lipinski definition) is 2. The number of nitrogens with one attached hydrogen (secondary N) is 2. The first-order chi connectivity index (χ1) is 10.1. The third kappa shape index (κ3) is 15.5. The molecule has 0 aromatic rings. The second-order valence-electron chi connectivity index (χ2n) is 5.52. The van der Waals surface area contributed by atoms with E-state index in [9.17, 15) is 4.79 Å². The number of hydrogen-bond acceptors (Lipinski definition) is 5. The summed E-state index contributed by atoms with van der Waals surface area (Å²) >= 11 is 0. The highest BCUT2D eigenvalue weighted by Crippen LogP contribution is 1.94. The molecule has 0 heterocycles. The molecule has 0 aliphatic carbocycles. The van der Waals surface area contributed by atoms with Crippen LogP contribution < -0.4 is 10.6 Å². The first-order valence-electron chi connectivity index (χ1n) is 7.87. The van der Waals surface area contributed by atoms with Crippen molar-refractivity contribution < 1.29 is 14.3 Å². The van der Waals surface area contributed by atoms with Crippen LogP contribution in [0.15, 0.2) is 0 Å². The van der Waals surface area contributed by atoms with Crippen molar-refractivity contribution in [1.82, 2.24) is 15.5 Å². The molecule has 0 saturated heterocycles. The minimum atomic E-state index is 0.0450. The molecule has 0 aromatic carbocycles. The van der Waals surface area contributed by atoms with E-state index in [0.717, 1.165) is 19.6 Å². The number of likely N-dealkylation sites (N-methyl/N-ethyl adjacent to an activating group) is 2. The zero-order chi connectivity index (χ0) is 15.9. The van der Waals surface area contributed by atoms with Crippen molar-refractivity contribution in [2.75, 3.05) is 66.2 Å². The maximum atomic E-state index is 11.6. The van der Waals surface area contributed by atoms with Gasteiger partial charge >= 0.3 is 0 Å². The van der Waals surface area contributed by atoms with Gasteiger partial charge in [-0.15, -0.1) is 0 Å². The average molecular weight is 303 g/mol. The van der Waals surface area contributed by atoms with Crippen LogP contribution in [0.25, 0.3) is 0 Å². The summed E-state index contributed by atoms with van der Waals surface area (Å²) in [5.74, 6) is 0.613. The Labute approximate surface area is 129 Å². The monoisotopic (exact) mass is 303 g/mol. The normalized spacial score (nSPS) is 11.3. The zero-order valence-electron chi connectivity index (χ0n) is 14.1. The summed E-state index contributed by atoms with van der Waals surface area (Å²) in [4.78, 5) is 13.7. The van der Waals surface area contributed by atoms with E-state index in [4.69, 9.17) is 9.47 Å². The molecule has 0 aliphatic rings. The fourth-order valence-electron chi connectivity index (χ4n) is 1.89. The van der Waals surface area contributed by atoms with Gasteiger partial charge in [0.2, 0.25) is 5.91 Å². The molecule has 0 aromatic heterocycles. The Hall–Kier alpha value is -0.690. The molecule has 0 saturated carbocycles. The van der Waals surface area contributed by atoms with E-state index in [0.29, 0.717) is 45.4 Å². The first-order valence-corrected chi connectivity index (χ1v) is 7.87. The smallest absolute Gasteiger partial charge is 0.234 e. The highest BCUT2D eigenvalue weighted by Gasteiger charge is 2.07. The van der Waals surface area contributed by atoms with Crippen molar-refractivity contribution >= 4 is 5.91 Å². The van der Waals surface area contributed by atoms with E-state index in [1.807, 2.05) is 11.9 Å². The van der Waals surface area contributed by atoms with E-state index in [2.05, 4.69) is 31.4 Å². The molecule has 0 rings (SSSR count). The molecule has 0 bridgehead atoms. The summed E-state index contributed by atoms with van der Waals surface area (Å²) in [6.45, 7) is 12.5.